The van der Waals surface area contributed by atoms with Crippen molar-refractivity contribution >= 4 is 11.6 Å². The molecule has 1 heterocycles. The van der Waals surface area contributed by atoms with Crippen molar-refractivity contribution in [1.29, 1.82) is 0 Å². The fourth-order valence-corrected chi connectivity index (χ4v) is 0.969. The molecule has 0 saturated carbocycles. The molecule has 0 unspecified atom stereocenters. The minimum Gasteiger partial charge on any atom is -0.495 e. The summed E-state index contributed by atoms with van der Waals surface area (Å²) in [6.45, 7) is 3.95. The molecule has 0 aromatic heterocycles. The molecular formula is C8H11NO2. The zero-order valence-electron chi connectivity index (χ0n) is 6.92. The molecule has 1 aliphatic rings. The summed E-state index contributed by atoms with van der Waals surface area (Å²) in [6, 6.07) is 0. The summed E-state index contributed by atoms with van der Waals surface area (Å²) in [4.78, 5) is 14.6. The van der Waals surface area contributed by atoms with Gasteiger partial charge in [-0.15, -0.1) is 0 Å². The number of hydrogen-bond acceptors (Lipinski definition) is 2. The van der Waals surface area contributed by atoms with E-state index in [1.54, 1.807) is 7.11 Å². The number of aliphatic imine (C=N–C) groups is 1. The number of carbonyl (C=O) groups excluding carboxylic acids is 1. The first-order chi connectivity index (χ1) is 5.15. The van der Waals surface area contributed by atoms with Gasteiger partial charge >= 0.3 is 0 Å². The van der Waals surface area contributed by atoms with E-state index >= 15 is 0 Å². The molecule has 3 nitrogen and oxygen atoms in total. The van der Waals surface area contributed by atoms with Gasteiger partial charge in [0.05, 0.1) is 12.8 Å². The molecule has 0 aromatic rings. The van der Waals surface area contributed by atoms with Crippen LogP contribution in [0, 0.1) is 5.92 Å². The number of ether oxygens (including phenoxy) is 1. The molecule has 0 aliphatic carbocycles. The van der Waals surface area contributed by atoms with E-state index in [1.807, 2.05) is 13.8 Å². The Hall–Kier alpha value is -1.12. The SMILES string of the molecule is COC1=CC(=O)N=C1C(C)C. The van der Waals surface area contributed by atoms with Gasteiger partial charge in [-0.1, -0.05) is 13.8 Å². The van der Waals surface area contributed by atoms with Gasteiger partial charge in [-0.2, -0.15) is 0 Å². The van der Waals surface area contributed by atoms with E-state index in [2.05, 4.69) is 4.99 Å². The third-order valence-corrected chi connectivity index (χ3v) is 1.50. The van der Waals surface area contributed by atoms with Crippen LogP contribution in [0.15, 0.2) is 16.8 Å². The Morgan fingerprint density at radius 1 is 1.55 bits per heavy atom. The Bertz CT molecular complexity index is 238. The van der Waals surface area contributed by atoms with Crippen LogP contribution in [0.1, 0.15) is 13.8 Å². The second-order valence-corrected chi connectivity index (χ2v) is 2.70. The lowest BCUT2D eigenvalue weighted by Gasteiger charge is -2.06. The number of nitrogens with zero attached hydrogens (tertiary/aromatic N) is 1. The highest BCUT2D eigenvalue weighted by atomic mass is 16.5. The predicted octanol–water partition coefficient (Wildman–Crippen LogP) is 1.15. The Kier molecular flexibility index (Phi) is 2.08. The Morgan fingerprint density at radius 3 is 2.55 bits per heavy atom. The summed E-state index contributed by atoms with van der Waals surface area (Å²) in [5, 5.41) is 0. The highest BCUT2D eigenvalue weighted by Crippen LogP contribution is 2.14. The molecule has 1 amide bonds. The van der Waals surface area contributed by atoms with Gasteiger partial charge in [0.15, 0.2) is 0 Å². The standard InChI is InChI=1S/C8H11NO2/c1-5(2)8-6(11-3)4-7(10)9-8/h4-5H,1-3H3. The zero-order chi connectivity index (χ0) is 8.43. The number of rotatable bonds is 2. The van der Waals surface area contributed by atoms with Gasteiger partial charge in [0.25, 0.3) is 5.91 Å². The number of carbonyl (C=O) groups is 1. The van der Waals surface area contributed by atoms with Crippen LogP contribution in [0.25, 0.3) is 0 Å². The molecule has 1 rings (SSSR count). The molecule has 0 radical (unpaired) electrons. The lowest BCUT2D eigenvalue weighted by Crippen LogP contribution is -2.09. The van der Waals surface area contributed by atoms with E-state index in [1.165, 1.54) is 6.08 Å². The topological polar surface area (TPSA) is 38.7 Å². The first kappa shape index (κ1) is 7.98. The van der Waals surface area contributed by atoms with Gasteiger partial charge in [-0.25, -0.2) is 4.99 Å². The van der Waals surface area contributed by atoms with E-state index in [4.69, 9.17) is 4.74 Å². The maximum atomic E-state index is 10.8. The molecule has 3 heteroatoms. The summed E-state index contributed by atoms with van der Waals surface area (Å²) in [6.07, 6.45) is 1.41. The van der Waals surface area contributed by atoms with Gasteiger partial charge in [0.1, 0.15) is 5.76 Å². The number of amides is 1. The van der Waals surface area contributed by atoms with Gasteiger partial charge in [-0.05, 0) is 5.92 Å². The van der Waals surface area contributed by atoms with E-state index in [0.29, 0.717) is 5.76 Å². The first-order valence-electron chi connectivity index (χ1n) is 3.53. The zero-order valence-corrected chi connectivity index (χ0v) is 6.92. The molecule has 60 valence electrons. The average molecular weight is 153 g/mol. The molecule has 0 saturated heterocycles. The minimum atomic E-state index is -0.217. The van der Waals surface area contributed by atoms with Crippen LogP contribution in [-0.4, -0.2) is 18.7 Å². The van der Waals surface area contributed by atoms with Crippen LogP contribution >= 0.6 is 0 Å². The van der Waals surface area contributed by atoms with E-state index < -0.39 is 0 Å². The summed E-state index contributed by atoms with van der Waals surface area (Å²) >= 11 is 0. The van der Waals surface area contributed by atoms with Crippen molar-refractivity contribution in [3.8, 4) is 0 Å². The normalized spacial score (nSPS) is 16.9. The van der Waals surface area contributed by atoms with Crippen molar-refractivity contribution in [2.45, 2.75) is 13.8 Å². The van der Waals surface area contributed by atoms with Gasteiger partial charge in [0.2, 0.25) is 0 Å². The molecule has 11 heavy (non-hydrogen) atoms. The van der Waals surface area contributed by atoms with Crippen molar-refractivity contribution in [3.63, 3.8) is 0 Å². The maximum Gasteiger partial charge on any atom is 0.273 e. The van der Waals surface area contributed by atoms with Crippen molar-refractivity contribution in [2.75, 3.05) is 7.11 Å². The Balaban J connectivity index is 2.89. The second kappa shape index (κ2) is 2.86. The third-order valence-electron chi connectivity index (χ3n) is 1.50. The summed E-state index contributed by atoms with van der Waals surface area (Å²) in [7, 11) is 1.54. The van der Waals surface area contributed by atoms with Crippen LogP contribution in [0.4, 0.5) is 0 Å². The highest BCUT2D eigenvalue weighted by Gasteiger charge is 2.20. The van der Waals surface area contributed by atoms with E-state index in [-0.39, 0.29) is 11.8 Å². The van der Waals surface area contributed by atoms with Crippen molar-refractivity contribution in [1.82, 2.24) is 0 Å². The van der Waals surface area contributed by atoms with Crippen molar-refractivity contribution in [3.05, 3.63) is 11.8 Å². The van der Waals surface area contributed by atoms with Gasteiger partial charge < -0.3 is 4.74 Å². The van der Waals surface area contributed by atoms with Crippen LogP contribution in [0.2, 0.25) is 0 Å². The first-order valence-corrected chi connectivity index (χ1v) is 3.53. The number of hydrogen-bond donors (Lipinski definition) is 0. The largest absolute Gasteiger partial charge is 0.495 e. The smallest absolute Gasteiger partial charge is 0.273 e. The van der Waals surface area contributed by atoms with E-state index in [9.17, 15) is 4.79 Å². The number of methoxy groups -OCH3 is 1. The maximum absolute atomic E-state index is 10.8. The monoisotopic (exact) mass is 153 g/mol. The Labute approximate surface area is 65.8 Å². The summed E-state index contributed by atoms with van der Waals surface area (Å²) in [5.41, 5.74) is 0.748. The van der Waals surface area contributed by atoms with Crippen molar-refractivity contribution < 1.29 is 9.53 Å². The average Bonchev–Trinajstić information content (AvgIpc) is 2.30. The molecule has 1 aliphatic heterocycles. The molecule has 0 fully saturated rings. The lowest BCUT2D eigenvalue weighted by atomic mass is 10.1. The molecular weight excluding hydrogens is 142 g/mol. The van der Waals surface area contributed by atoms with Crippen LogP contribution in [0.3, 0.4) is 0 Å². The second-order valence-electron chi connectivity index (χ2n) is 2.70. The minimum absolute atomic E-state index is 0.217. The van der Waals surface area contributed by atoms with Crippen LogP contribution < -0.4 is 0 Å². The molecule has 0 atom stereocenters. The van der Waals surface area contributed by atoms with Crippen LogP contribution in [-0.2, 0) is 9.53 Å². The van der Waals surface area contributed by atoms with Crippen molar-refractivity contribution in [2.24, 2.45) is 10.9 Å². The number of allylic oxidation sites excluding steroid dienone is 1. The third kappa shape index (κ3) is 1.48. The summed E-state index contributed by atoms with van der Waals surface area (Å²) < 4.78 is 4.96. The molecule has 0 bridgehead atoms. The molecule has 0 spiro atoms. The van der Waals surface area contributed by atoms with Crippen LogP contribution in [0.5, 0.6) is 0 Å². The van der Waals surface area contributed by atoms with E-state index in [0.717, 1.165) is 5.71 Å². The quantitative estimate of drug-likeness (QED) is 0.597. The van der Waals surface area contributed by atoms with Gasteiger partial charge in [-0.3, -0.25) is 4.79 Å². The highest BCUT2D eigenvalue weighted by molar-refractivity contribution is 6.16. The molecule has 0 aromatic carbocycles. The summed E-state index contributed by atoms with van der Waals surface area (Å²) in [5.74, 6) is 0.628. The fourth-order valence-electron chi connectivity index (χ4n) is 0.969. The lowest BCUT2D eigenvalue weighted by molar-refractivity contribution is -0.113. The Morgan fingerprint density at radius 2 is 2.18 bits per heavy atom. The fraction of sp³-hybridized carbons (Fsp3) is 0.500. The van der Waals surface area contributed by atoms with Gasteiger partial charge in [0, 0.05) is 6.08 Å². The predicted molar refractivity (Wildman–Crippen MR) is 42.4 cm³/mol. The molecule has 0 N–H and O–H groups in total.